The Balaban J connectivity index is 1.69. The van der Waals surface area contributed by atoms with Crippen molar-refractivity contribution in [2.45, 2.75) is 64.5 Å². The molecule has 4 nitrogen and oxygen atoms in total. The van der Waals surface area contributed by atoms with Crippen molar-refractivity contribution in [2.75, 3.05) is 32.7 Å². The molecule has 2 saturated heterocycles. The lowest BCUT2D eigenvalue weighted by Gasteiger charge is -2.42. The molecule has 2 fully saturated rings. The van der Waals surface area contributed by atoms with E-state index in [9.17, 15) is 4.79 Å². The first kappa shape index (κ1) is 15.8. The molecule has 1 unspecified atom stereocenters. The molecular weight excluding hydrogens is 250 g/mol. The van der Waals surface area contributed by atoms with E-state index in [1.54, 1.807) is 0 Å². The predicted molar refractivity (Wildman–Crippen MR) is 82.8 cm³/mol. The van der Waals surface area contributed by atoms with Gasteiger partial charge in [-0.2, -0.15) is 0 Å². The Morgan fingerprint density at radius 2 is 1.85 bits per heavy atom. The number of rotatable bonds is 3. The monoisotopic (exact) mass is 281 g/mol. The lowest BCUT2D eigenvalue weighted by Crippen LogP contribution is -2.54. The van der Waals surface area contributed by atoms with Crippen LogP contribution in [0.2, 0.25) is 0 Å². The van der Waals surface area contributed by atoms with Crippen molar-refractivity contribution in [1.82, 2.24) is 15.1 Å². The average molecular weight is 281 g/mol. The van der Waals surface area contributed by atoms with Crippen molar-refractivity contribution in [3.8, 4) is 0 Å². The van der Waals surface area contributed by atoms with Crippen LogP contribution in [0, 0.1) is 0 Å². The van der Waals surface area contributed by atoms with Crippen LogP contribution in [-0.2, 0) is 4.79 Å². The molecule has 0 bridgehead atoms. The number of nitrogens with zero attached hydrogens (tertiary/aromatic N) is 2. The van der Waals surface area contributed by atoms with Gasteiger partial charge in [0, 0.05) is 44.2 Å². The minimum absolute atomic E-state index is 0.223. The summed E-state index contributed by atoms with van der Waals surface area (Å²) in [5, 5.41) is 3.53. The van der Waals surface area contributed by atoms with Crippen molar-refractivity contribution in [3.63, 3.8) is 0 Å². The fourth-order valence-electron chi connectivity index (χ4n) is 3.25. The fraction of sp³-hybridized carbons (Fsp3) is 0.938. The van der Waals surface area contributed by atoms with Gasteiger partial charge in [0.15, 0.2) is 0 Å². The van der Waals surface area contributed by atoms with Gasteiger partial charge in [-0.05, 0) is 46.6 Å². The number of nitrogens with one attached hydrogen (secondary N) is 1. The maximum absolute atomic E-state index is 12.3. The number of piperazine rings is 1. The van der Waals surface area contributed by atoms with E-state index in [1.807, 2.05) is 0 Å². The molecule has 2 aliphatic heterocycles. The maximum atomic E-state index is 12.3. The lowest BCUT2D eigenvalue weighted by molar-refractivity contribution is -0.134. The number of hydrogen-bond acceptors (Lipinski definition) is 3. The molecule has 0 spiro atoms. The molecular formula is C16H31N3O. The molecule has 1 N–H and O–H groups in total. The largest absolute Gasteiger partial charge is 0.340 e. The van der Waals surface area contributed by atoms with Gasteiger partial charge in [-0.3, -0.25) is 9.69 Å². The third-order valence-corrected chi connectivity index (χ3v) is 4.70. The van der Waals surface area contributed by atoms with E-state index in [2.05, 4.69) is 35.9 Å². The second kappa shape index (κ2) is 6.90. The lowest BCUT2D eigenvalue weighted by atomic mass is 10.00. The van der Waals surface area contributed by atoms with Crippen LogP contribution >= 0.6 is 0 Å². The minimum atomic E-state index is 0.223. The maximum Gasteiger partial charge on any atom is 0.222 e. The number of piperidine rings is 1. The van der Waals surface area contributed by atoms with E-state index in [0.717, 1.165) is 39.1 Å². The summed E-state index contributed by atoms with van der Waals surface area (Å²) in [6.07, 6.45) is 5.58. The van der Waals surface area contributed by atoms with E-state index in [4.69, 9.17) is 0 Å². The van der Waals surface area contributed by atoms with Gasteiger partial charge in [-0.1, -0.05) is 6.42 Å². The zero-order valence-corrected chi connectivity index (χ0v) is 13.5. The van der Waals surface area contributed by atoms with Crippen LogP contribution in [0.3, 0.4) is 0 Å². The Labute approximate surface area is 123 Å². The number of hydrogen-bond donors (Lipinski definition) is 1. The minimum Gasteiger partial charge on any atom is -0.340 e. The van der Waals surface area contributed by atoms with Gasteiger partial charge >= 0.3 is 0 Å². The highest BCUT2D eigenvalue weighted by molar-refractivity contribution is 5.76. The molecule has 1 amide bonds. The van der Waals surface area contributed by atoms with Gasteiger partial charge in [-0.25, -0.2) is 0 Å². The Morgan fingerprint density at radius 1 is 1.15 bits per heavy atom. The summed E-state index contributed by atoms with van der Waals surface area (Å²) in [4.78, 5) is 16.8. The summed E-state index contributed by atoms with van der Waals surface area (Å²) in [6.45, 7) is 11.7. The molecule has 2 heterocycles. The molecule has 1 atom stereocenters. The molecule has 0 aromatic heterocycles. The summed E-state index contributed by atoms with van der Waals surface area (Å²) < 4.78 is 0. The highest BCUT2D eigenvalue weighted by Gasteiger charge is 2.27. The predicted octanol–water partition coefficient (Wildman–Crippen LogP) is 1.85. The molecule has 0 aliphatic carbocycles. The summed E-state index contributed by atoms with van der Waals surface area (Å²) in [7, 11) is 0. The molecule has 2 aliphatic rings. The number of amides is 1. The van der Waals surface area contributed by atoms with Crippen LogP contribution in [-0.4, -0.2) is 60.0 Å². The number of carbonyl (C=O) groups excluding carboxylic acids is 1. The van der Waals surface area contributed by atoms with E-state index in [0.29, 0.717) is 18.4 Å². The smallest absolute Gasteiger partial charge is 0.222 e. The summed E-state index contributed by atoms with van der Waals surface area (Å²) in [5.74, 6) is 0.353. The van der Waals surface area contributed by atoms with Crippen LogP contribution in [0.15, 0.2) is 0 Å². The summed E-state index contributed by atoms with van der Waals surface area (Å²) in [6, 6.07) is 0.573. The van der Waals surface area contributed by atoms with Gasteiger partial charge < -0.3 is 10.2 Å². The molecule has 2 rings (SSSR count). The van der Waals surface area contributed by atoms with Crippen molar-refractivity contribution in [2.24, 2.45) is 0 Å². The van der Waals surface area contributed by atoms with Crippen molar-refractivity contribution in [1.29, 1.82) is 0 Å². The van der Waals surface area contributed by atoms with Crippen molar-refractivity contribution < 1.29 is 4.79 Å². The zero-order valence-electron chi connectivity index (χ0n) is 13.5. The molecule has 116 valence electrons. The van der Waals surface area contributed by atoms with Crippen LogP contribution < -0.4 is 5.32 Å². The SMILES string of the molecule is CC(C)(C)N1CCN(C(=O)CCC2CCCCN2)CC1. The molecule has 4 heteroatoms. The van der Waals surface area contributed by atoms with Gasteiger partial charge in [0.1, 0.15) is 0 Å². The molecule has 0 saturated carbocycles. The second-order valence-electron chi connectivity index (χ2n) is 7.22. The fourth-order valence-corrected chi connectivity index (χ4v) is 3.25. The summed E-state index contributed by atoms with van der Waals surface area (Å²) in [5.41, 5.74) is 0.223. The molecule has 20 heavy (non-hydrogen) atoms. The van der Waals surface area contributed by atoms with E-state index in [1.165, 1.54) is 19.3 Å². The third-order valence-electron chi connectivity index (χ3n) is 4.70. The van der Waals surface area contributed by atoms with E-state index >= 15 is 0 Å². The van der Waals surface area contributed by atoms with Crippen LogP contribution in [0.1, 0.15) is 52.9 Å². The zero-order chi connectivity index (χ0) is 14.6. The quantitative estimate of drug-likeness (QED) is 0.857. The molecule has 0 radical (unpaired) electrons. The van der Waals surface area contributed by atoms with E-state index < -0.39 is 0 Å². The van der Waals surface area contributed by atoms with E-state index in [-0.39, 0.29) is 5.54 Å². The molecule has 0 aromatic carbocycles. The van der Waals surface area contributed by atoms with Gasteiger partial charge in [0.05, 0.1) is 0 Å². The first-order chi connectivity index (χ1) is 9.47. The van der Waals surface area contributed by atoms with Crippen molar-refractivity contribution in [3.05, 3.63) is 0 Å². The first-order valence-corrected chi connectivity index (χ1v) is 8.23. The van der Waals surface area contributed by atoms with Crippen LogP contribution in [0.4, 0.5) is 0 Å². The van der Waals surface area contributed by atoms with Gasteiger partial charge in [0.25, 0.3) is 0 Å². The third kappa shape index (κ3) is 4.45. The highest BCUT2D eigenvalue weighted by atomic mass is 16.2. The first-order valence-electron chi connectivity index (χ1n) is 8.23. The Hall–Kier alpha value is -0.610. The topological polar surface area (TPSA) is 35.6 Å². The Morgan fingerprint density at radius 3 is 2.40 bits per heavy atom. The van der Waals surface area contributed by atoms with Crippen molar-refractivity contribution >= 4 is 5.91 Å². The average Bonchev–Trinajstić information content (AvgIpc) is 2.45. The van der Waals surface area contributed by atoms with Gasteiger partial charge in [-0.15, -0.1) is 0 Å². The Kier molecular flexibility index (Phi) is 5.44. The second-order valence-corrected chi connectivity index (χ2v) is 7.22. The normalized spacial score (nSPS) is 25.8. The number of carbonyl (C=O) groups is 1. The van der Waals surface area contributed by atoms with Crippen LogP contribution in [0.5, 0.6) is 0 Å². The highest BCUT2D eigenvalue weighted by Crippen LogP contribution is 2.17. The standard InChI is InChI=1S/C16H31N3O/c1-16(2,3)19-12-10-18(11-13-19)15(20)8-7-14-6-4-5-9-17-14/h14,17H,4-13H2,1-3H3. The summed E-state index contributed by atoms with van der Waals surface area (Å²) >= 11 is 0. The van der Waals surface area contributed by atoms with Crippen LogP contribution in [0.25, 0.3) is 0 Å². The molecule has 0 aromatic rings. The Bertz CT molecular complexity index is 310. The van der Waals surface area contributed by atoms with Gasteiger partial charge in [0.2, 0.25) is 5.91 Å².